The molecule has 0 aliphatic rings. The zero-order valence-electron chi connectivity index (χ0n) is 9.91. The molecule has 2 rings (SSSR count). The average Bonchev–Trinajstić information content (AvgIpc) is 2.47. The van der Waals surface area contributed by atoms with E-state index in [1.165, 1.54) is 12.1 Å². The fraction of sp³-hybridized carbons (Fsp3) is 0. The lowest BCUT2D eigenvalue weighted by molar-refractivity contribution is 0.0495. The molecule has 2 aromatic carbocycles. The van der Waals surface area contributed by atoms with E-state index in [-0.39, 0.29) is 11.1 Å². The highest BCUT2D eigenvalue weighted by molar-refractivity contribution is 6.03. The maximum atomic E-state index is 12.0. The minimum Gasteiger partial charge on any atom is -0.423 e. The van der Waals surface area contributed by atoms with Gasteiger partial charge in [-0.1, -0.05) is 30.3 Å². The molecule has 0 unspecified atom stereocenters. The summed E-state index contributed by atoms with van der Waals surface area (Å²) in [5, 5.41) is 0. The van der Waals surface area contributed by atoms with Gasteiger partial charge in [-0.15, -0.1) is 0 Å². The molecule has 0 saturated carbocycles. The van der Waals surface area contributed by atoms with Crippen molar-refractivity contribution >= 4 is 11.9 Å². The van der Waals surface area contributed by atoms with Crippen LogP contribution in [0.2, 0.25) is 0 Å². The predicted octanol–water partition coefficient (Wildman–Crippen LogP) is 1.94. The third-order valence-electron chi connectivity index (χ3n) is 2.43. The second-order valence-electron chi connectivity index (χ2n) is 3.65. The molecule has 0 fully saturated rings. The maximum Gasteiger partial charge on any atom is 0.357 e. The van der Waals surface area contributed by atoms with Gasteiger partial charge in [0.15, 0.2) is 0 Å². The molecule has 19 heavy (non-hydrogen) atoms. The standard InChI is InChI=1S/C14H11NO4/c15-19-14(17)12-9-5-4-8-11(12)13(16)18-10-6-2-1-3-7-10/h1-9H,15H2. The molecule has 0 atom stereocenters. The fourth-order valence-electron chi connectivity index (χ4n) is 1.55. The number of esters is 1. The number of nitrogens with two attached hydrogens (primary N) is 1. The molecule has 0 saturated heterocycles. The topological polar surface area (TPSA) is 78.6 Å². The first-order chi connectivity index (χ1) is 9.22. The Morgan fingerprint density at radius 3 is 1.89 bits per heavy atom. The summed E-state index contributed by atoms with van der Waals surface area (Å²) in [7, 11) is 0. The van der Waals surface area contributed by atoms with Crippen LogP contribution < -0.4 is 10.6 Å². The van der Waals surface area contributed by atoms with E-state index >= 15 is 0 Å². The first-order valence-electron chi connectivity index (χ1n) is 5.49. The summed E-state index contributed by atoms with van der Waals surface area (Å²) < 4.78 is 5.15. The number of hydrogen-bond acceptors (Lipinski definition) is 5. The Bertz CT molecular complexity index is 595. The predicted molar refractivity (Wildman–Crippen MR) is 67.4 cm³/mol. The van der Waals surface area contributed by atoms with Crippen LogP contribution in [0.4, 0.5) is 0 Å². The van der Waals surface area contributed by atoms with Gasteiger partial charge in [-0.2, -0.15) is 5.90 Å². The summed E-state index contributed by atoms with van der Waals surface area (Å²) in [5.41, 5.74) is 0.160. The summed E-state index contributed by atoms with van der Waals surface area (Å²) in [6.45, 7) is 0. The second kappa shape index (κ2) is 5.79. The number of carbonyl (C=O) groups excluding carboxylic acids is 2. The smallest absolute Gasteiger partial charge is 0.357 e. The number of hydrogen-bond donors (Lipinski definition) is 1. The summed E-state index contributed by atoms with van der Waals surface area (Å²) in [4.78, 5) is 27.6. The normalized spacial score (nSPS) is 9.74. The summed E-state index contributed by atoms with van der Waals surface area (Å²) in [6.07, 6.45) is 0. The van der Waals surface area contributed by atoms with Crippen LogP contribution in [0.5, 0.6) is 5.75 Å². The highest BCUT2D eigenvalue weighted by Crippen LogP contribution is 2.15. The van der Waals surface area contributed by atoms with Gasteiger partial charge >= 0.3 is 11.9 Å². The van der Waals surface area contributed by atoms with E-state index < -0.39 is 11.9 Å². The molecule has 96 valence electrons. The molecule has 0 aromatic heterocycles. The summed E-state index contributed by atoms with van der Waals surface area (Å²) in [5.74, 6) is 3.78. The van der Waals surface area contributed by atoms with E-state index in [9.17, 15) is 9.59 Å². The third kappa shape index (κ3) is 2.97. The maximum absolute atomic E-state index is 12.0. The molecule has 0 amide bonds. The highest BCUT2D eigenvalue weighted by Gasteiger charge is 2.18. The first kappa shape index (κ1) is 12.8. The monoisotopic (exact) mass is 257 g/mol. The Kier molecular flexibility index (Phi) is 3.90. The van der Waals surface area contributed by atoms with Crippen molar-refractivity contribution in [1.82, 2.24) is 0 Å². The van der Waals surface area contributed by atoms with E-state index in [2.05, 4.69) is 4.84 Å². The van der Waals surface area contributed by atoms with E-state index in [1.807, 2.05) is 0 Å². The highest BCUT2D eigenvalue weighted by atomic mass is 16.7. The van der Waals surface area contributed by atoms with Gasteiger partial charge in [0, 0.05) is 0 Å². The molecular formula is C14H11NO4. The van der Waals surface area contributed by atoms with Gasteiger partial charge < -0.3 is 9.57 Å². The Morgan fingerprint density at radius 2 is 1.32 bits per heavy atom. The van der Waals surface area contributed by atoms with E-state index in [0.717, 1.165) is 0 Å². The molecule has 2 N–H and O–H groups in total. The lowest BCUT2D eigenvalue weighted by Crippen LogP contribution is -2.17. The second-order valence-corrected chi connectivity index (χ2v) is 3.65. The van der Waals surface area contributed by atoms with Crippen LogP contribution in [-0.4, -0.2) is 11.9 Å². The average molecular weight is 257 g/mol. The van der Waals surface area contributed by atoms with Gasteiger partial charge in [0.05, 0.1) is 11.1 Å². The van der Waals surface area contributed by atoms with Crippen LogP contribution >= 0.6 is 0 Å². The molecule has 2 aromatic rings. The van der Waals surface area contributed by atoms with Crippen molar-refractivity contribution in [3.8, 4) is 5.75 Å². The van der Waals surface area contributed by atoms with Gasteiger partial charge in [-0.3, -0.25) is 0 Å². The minimum atomic E-state index is -0.791. The fourth-order valence-corrected chi connectivity index (χ4v) is 1.55. The van der Waals surface area contributed by atoms with Crippen molar-refractivity contribution in [3.63, 3.8) is 0 Å². The van der Waals surface area contributed by atoms with Crippen molar-refractivity contribution in [2.75, 3.05) is 0 Å². The number of para-hydroxylation sites is 1. The molecule has 0 aliphatic heterocycles. The molecule has 0 bridgehead atoms. The van der Waals surface area contributed by atoms with Crippen molar-refractivity contribution in [3.05, 3.63) is 65.7 Å². The van der Waals surface area contributed by atoms with Crippen LogP contribution in [-0.2, 0) is 4.84 Å². The van der Waals surface area contributed by atoms with Crippen LogP contribution in [0.15, 0.2) is 54.6 Å². The van der Waals surface area contributed by atoms with Gasteiger partial charge in [0.1, 0.15) is 5.75 Å². The van der Waals surface area contributed by atoms with Crippen LogP contribution in [0, 0.1) is 0 Å². The molecule has 0 heterocycles. The number of ether oxygens (including phenoxy) is 1. The van der Waals surface area contributed by atoms with E-state index in [0.29, 0.717) is 5.75 Å². The zero-order valence-corrected chi connectivity index (χ0v) is 9.91. The Hall–Kier alpha value is -2.66. The minimum absolute atomic E-state index is 0.0610. The molecule has 0 spiro atoms. The van der Waals surface area contributed by atoms with Gasteiger partial charge in [-0.25, -0.2) is 9.59 Å². The Labute approximate surface area is 109 Å². The van der Waals surface area contributed by atoms with E-state index in [4.69, 9.17) is 10.6 Å². The quantitative estimate of drug-likeness (QED) is 0.516. The first-order valence-corrected chi connectivity index (χ1v) is 5.49. The van der Waals surface area contributed by atoms with Gasteiger partial charge in [-0.05, 0) is 24.3 Å². The Morgan fingerprint density at radius 1 is 0.789 bits per heavy atom. The van der Waals surface area contributed by atoms with Crippen molar-refractivity contribution in [1.29, 1.82) is 0 Å². The van der Waals surface area contributed by atoms with Gasteiger partial charge in [0.2, 0.25) is 0 Å². The SMILES string of the molecule is NOC(=O)c1ccccc1C(=O)Oc1ccccc1. The summed E-state index contributed by atoms with van der Waals surface area (Å²) >= 11 is 0. The van der Waals surface area contributed by atoms with Crippen LogP contribution in [0.25, 0.3) is 0 Å². The molecule has 5 nitrogen and oxygen atoms in total. The van der Waals surface area contributed by atoms with E-state index in [1.54, 1.807) is 42.5 Å². The van der Waals surface area contributed by atoms with Crippen LogP contribution in [0.1, 0.15) is 20.7 Å². The van der Waals surface area contributed by atoms with Crippen LogP contribution in [0.3, 0.4) is 0 Å². The van der Waals surface area contributed by atoms with Crippen molar-refractivity contribution < 1.29 is 19.2 Å². The number of rotatable bonds is 3. The third-order valence-corrected chi connectivity index (χ3v) is 2.43. The molecular weight excluding hydrogens is 246 g/mol. The molecule has 0 radical (unpaired) electrons. The molecule has 5 heteroatoms. The molecule has 0 aliphatic carbocycles. The zero-order chi connectivity index (χ0) is 13.7. The van der Waals surface area contributed by atoms with Crippen molar-refractivity contribution in [2.24, 2.45) is 5.90 Å². The Balaban J connectivity index is 2.27. The van der Waals surface area contributed by atoms with Gasteiger partial charge in [0.25, 0.3) is 0 Å². The lowest BCUT2D eigenvalue weighted by Gasteiger charge is -2.07. The number of benzene rings is 2. The lowest BCUT2D eigenvalue weighted by atomic mass is 10.1. The van der Waals surface area contributed by atoms with Crippen molar-refractivity contribution in [2.45, 2.75) is 0 Å². The number of carbonyl (C=O) groups is 2. The summed E-state index contributed by atoms with van der Waals surface area (Å²) in [6, 6.07) is 14.7. The largest absolute Gasteiger partial charge is 0.423 e.